The van der Waals surface area contributed by atoms with Crippen molar-refractivity contribution in [3.63, 3.8) is 0 Å². The standard InChI is InChI=1S/C19H14F3N3O3S/c20-19(21,22)15-9-16(26)23-11-5-1-3-7-13(11)25(15)17(27)10-29-18-24-12-6-2-4-8-14(12)28-18/h1-8,15H,9-10H2,(H,23,26)/t15-/m0/s1. The summed E-state index contributed by atoms with van der Waals surface area (Å²) in [5.41, 5.74) is 1.27. The van der Waals surface area contributed by atoms with E-state index >= 15 is 0 Å². The molecule has 29 heavy (non-hydrogen) atoms. The summed E-state index contributed by atoms with van der Waals surface area (Å²) in [6.07, 6.45) is -5.65. The molecule has 0 bridgehead atoms. The quantitative estimate of drug-likeness (QED) is 0.641. The van der Waals surface area contributed by atoms with Crippen LogP contribution in [0.1, 0.15) is 6.42 Å². The largest absolute Gasteiger partial charge is 0.431 e. The van der Waals surface area contributed by atoms with Crippen LogP contribution in [0.15, 0.2) is 58.2 Å². The number of alkyl halides is 3. The van der Waals surface area contributed by atoms with Crippen LogP contribution >= 0.6 is 11.8 Å². The Morgan fingerprint density at radius 2 is 1.93 bits per heavy atom. The number of nitrogens with zero attached hydrogens (tertiary/aromatic N) is 2. The number of anilines is 2. The monoisotopic (exact) mass is 421 g/mol. The summed E-state index contributed by atoms with van der Waals surface area (Å²) in [6, 6.07) is 10.6. The van der Waals surface area contributed by atoms with E-state index in [2.05, 4.69) is 10.3 Å². The summed E-state index contributed by atoms with van der Waals surface area (Å²) >= 11 is 0.901. The number of rotatable bonds is 3. The van der Waals surface area contributed by atoms with Gasteiger partial charge >= 0.3 is 6.18 Å². The fourth-order valence-electron chi connectivity index (χ4n) is 3.10. The number of nitrogens with one attached hydrogen (secondary N) is 1. The lowest BCUT2D eigenvalue weighted by Crippen LogP contribution is -2.50. The smallest absolute Gasteiger partial charge is 0.409 e. The van der Waals surface area contributed by atoms with Crippen molar-refractivity contribution in [1.29, 1.82) is 0 Å². The van der Waals surface area contributed by atoms with Crippen LogP contribution in [0.4, 0.5) is 24.5 Å². The molecule has 0 spiro atoms. The number of oxazole rings is 1. The maximum atomic E-state index is 13.7. The number of aromatic nitrogens is 1. The van der Waals surface area contributed by atoms with Crippen LogP contribution < -0.4 is 10.2 Å². The van der Waals surface area contributed by atoms with E-state index in [-0.39, 0.29) is 22.4 Å². The van der Waals surface area contributed by atoms with Gasteiger partial charge in [-0.05, 0) is 24.3 Å². The molecule has 2 heterocycles. The first-order valence-electron chi connectivity index (χ1n) is 8.59. The van der Waals surface area contributed by atoms with Crippen molar-refractivity contribution in [1.82, 2.24) is 4.98 Å². The van der Waals surface area contributed by atoms with Crippen LogP contribution in [-0.2, 0) is 9.59 Å². The zero-order valence-electron chi connectivity index (χ0n) is 14.8. The topological polar surface area (TPSA) is 75.4 Å². The summed E-state index contributed by atoms with van der Waals surface area (Å²) in [7, 11) is 0. The lowest BCUT2D eigenvalue weighted by Gasteiger charge is -2.31. The predicted octanol–water partition coefficient (Wildman–Crippen LogP) is 4.23. The number of halogens is 3. The summed E-state index contributed by atoms with van der Waals surface area (Å²) in [6.45, 7) is 0. The molecule has 0 radical (unpaired) electrons. The van der Waals surface area contributed by atoms with Crippen molar-refractivity contribution >= 4 is 46.1 Å². The van der Waals surface area contributed by atoms with Gasteiger partial charge in [-0.1, -0.05) is 36.0 Å². The number of para-hydroxylation sites is 4. The molecule has 1 atom stereocenters. The van der Waals surface area contributed by atoms with E-state index in [1.54, 1.807) is 30.3 Å². The maximum absolute atomic E-state index is 13.7. The molecule has 3 aromatic rings. The van der Waals surface area contributed by atoms with Gasteiger partial charge in [-0.25, -0.2) is 4.98 Å². The molecule has 6 nitrogen and oxygen atoms in total. The van der Waals surface area contributed by atoms with Crippen LogP contribution in [0, 0.1) is 0 Å². The highest BCUT2D eigenvalue weighted by Crippen LogP contribution is 2.38. The second-order valence-corrected chi connectivity index (χ2v) is 7.25. The number of thioether (sulfide) groups is 1. The Kier molecular flexibility index (Phi) is 4.95. The van der Waals surface area contributed by atoms with Crippen LogP contribution in [0.3, 0.4) is 0 Å². The Morgan fingerprint density at radius 1 is 1.21 bits per heavy atom. The van der Waals surface area contributed by atoms with E-state index < -0.39 is 30.5 Å². The highest BCUT2D eigenvalue weighted by molar-refractivity contribution is 7.99. The van der Waals surface area contributed by atoms with Gasteiger partial charge in [0.15, 0.2) is 5.58 Å². The summed E-state index contributed by atoms with van der Waals surface area (Å²) in [4.78, 5) is 29.7. The molecule has 1 aliphatic heterocycles. The Morgan fingerprint density at radius 3 is 2.69 bits per heavy atom. The Bertz CT molecular complexity index is 1050. The highest BCUT2D eigenvalue weighted by Gasteiger charge is 2.48. The first-order chi connectivity index (χ1) is 13.8. The zero-order valence-corrected chi connectivity index (χ0v) is 15.6. The first kappa shape index (κ1) is 19.3. The van der Waals surface area contributed by atoms with Gasteiger partial charge in [0.25, 0.3) is 5.22 Å². The first-order valence-corrected chi connectivity index (χ1v) is 9.57. The molecule has 1 aromatic heterocycles. The Balaban J connectivity index is 1.63. The average Bonchev–Trinajstić information content (AvgIpc) is 3.02. The van der Waals surface area contributed by atoms with Gasteiger partial charge in [-0.3, -0.25) is 14.5 Å². The third-order valence-electron chi connectivity index (χ3n) is 4.37. The minimum absolute atomic E-state index is 0.00356. The van der Waals surface area contributed by atoms with Crippen LogP contribution in [0.25, 0.3) is 11.1 Å². The van der Waals surface area contributed by atoms with Crippen molar-refractivity contribution < 1.29 is 27.2 Å². The zero-order chi connectivity index (χ0) is 20.6. The molecule has 0 unspecified atom stereocenters. The van der Waals surface area contributed by atoms with E-state index in [1.807, 2.05) is 0 Å². The van der Waals surface area contributed by atoms with Gasteiger partial charge in [0, 0.05) is 0 Å². The van der Waals surface area contributed by atoms with Crippen molar-refractivity contribution in [2.24, 2.45) is 0 Å². The van der Waals surface area contributed by atoms with Crippen LogP contribution in [0.5, 0.6) is 0 Å². The molecule has 0 aliphatic carbocycles. The highest BCUT2D eigenvalue weighted by atomic mass is 32.2. The molecule has 4 rings (SSSR count). The molecule has 0 saturated carbocycles. The fourth-order valence-corrected chi connectivity index (χ4v) is 3.80. The molecular formula is C19H14F3N3O3S. The molecule has 1 N–H and O–H groups in total. The second-order valence-electron chi connectivity index (χ2n) is 6.33. The van der Waals surface area contributed by atoms with Gasteiger partial charge in [0.1, 0.15) is 11.6 Å². The lowest BCUT2D eigenvalue weighted by atomic mass is 10.1. The van der Waals surface area contributed by atoms with Gasteiger partial charge in [-0.2, -0.15) is 13.2 Å². The molecule has 1 aliphatic rings. The summed E-state index contributed by atoms with van der Waals surface area (Å²) in [5.74, 6) is -1.94. The number of hydrogen-bond donors (Lipinski definition) is 1. The minimum atomic E-state index is -4.77. The third-order valence-corrected chi connectivity index (χ3v) is 5.18. The van der Waals surface area contributed by atoms with Crippen molar-refractivity contribution in [3.05, 3.63) is 48.5 Å². The number of carbonyl (C=O) groups excluding carboxylic acids is 2. The maximum Gasteiger partial charge on any atom is 0.409 e. The lowest BCUT2D eigenvalue weighted by molar-refractivity contribution is -0.157. The normalized spacial score (nSPS) is 17.0. The molecule has 10 heteroatoms. The van der Waals surface area contributed by atoms with E-state index in [4.69, 9.17) is 4.42 Å². The molecule has 0 saturated heterocycles. The summed E-state index contributed by atoms with van der Waals surface area (Å²) < 4.78 is 46.6. The molecule has 0 fully saturated rings. The van der Waals surface area contributed by atoms with E-state index in [9.17, 15) is 22.8 Å². The number of benzene rings is 2. The van der Waals surface area contributed by atoms with Gasteiger partial charge in [0.2, 0.25) is 11.8 Å². The van der Waals surface area contributed by atoms with Gasteiger partial charge in [0.05, 0.1) is 23.5 Å². The Hall–Kier alpha value is -3.01. The van der Waals surface area contributed by atoms with Crippen molar-refractivity contribution in [3.8, 4) is 0 Å². The number of amides is 2. The molecule has 2 aromatic carbocycles. The SMILES string of the molecule is O=C1C[C@@H](C(F)(F)F)N(C(=O)CSc2nc3ccccc3o2)c2ccccc2N1. The summed E-state index contributed by atoms with van der Waals surface area (Å²) in [5, 5.41) is 2.61. The number of hydrogen-bond acceptors (Lipinski definition) is 5. The Labute approximate surface area is 167 Å². The predicted molar refractivity (Wildman–Crippen MR) is 102 cm³/mol. The van der Waals surface area contributed by atoms with Crippen molar-refractivity contribution in [2.75, 3.05) is 16.0 Å². The molecule has 150 valence electrons. The van der Waals surface area contributed by atoms with E-state index in [0.717, 1.165) is 11.8 Å². The fraction of sp³-hybridized carbons (Fsp3) is 0.211. The number of carbonyl (C=O) groups is 2. The average molecular weight is 421 g/mol. The van der Waals surface area contributed by atoms with Crippen LogP contribution in [0.2, 0.25) is 0 Å². The van der Waals surface area contributed by atoms with Gasteiger partial charge < -0.3 is 9.73 Å². The van der Waals surface area contributed by atoms with Crippen LogP contribution in [-0.4, -0.2) is 34.8 Å². The minimum Gasteiger partial charge on any atom is -0.431 e. The third kappa shape index (κ3) is 3.93. The number of fused-ring (bicyclic) bond motifs is 2. The van der Waals surface area contributed by atoms with E-state index in [1.165, 1.54) is 18.2 Å². The second kappa shape index (κ2) is 7.43. The van der Waals surface area contributed by atoms with Gasteiger partial charge in [-0.15, -0.1) is 0 Å². The van der Waals surface area contributed by atoms with Crippen molar-refractivity contribution in [2.45, 2.75) is 23.9 Å². The molecular weight excluding hydrogens is 407 g/mol. The molecule has 2 amide bonds. The van der Waals surface area contributed by atoms with E-state index in [0.29, 0.717) is 16.0 Å².